The number of aromatic nitrogens is 5. The van der Waals surface area contributed by atoms with Gasteiger partial charge in [0.1, 0.15) is 5.69 Å². The molecule has 0 bridgehead atoms. The van der Waals surface area contributed by atoms with E-state index in [2.05, 4.69) is 47.8 Å². The Kier molecular flexibility index (Phi) is 7.19. The number of halogens is 3. The van der Waals surface area contributed by atoms with Gasteiger partial charge in [0.25, 0.3) is 5.65 Å². The minimum absolute atomic E-state index is 0.0400. The van der Waals surface area contributed by atoms with Crippen LogP contribution < -0.4 is 15.2 Å². The van der Waals surface area contributed by atoms with E-state index in [0.717, 1.165) is 33.9 Å². The number of piperazine rings is 1. The second-order valence-electron chi connectivity index (χ2n) is 12.7. The van der Waals surface area contributed by atoms with E-state index in [9.17, 15) is 18.0 Å². The third-order valence-corrected chi connectivity index (χ3v) is 8.42. The summed E-state index contributed by atoms with van der Waals surface area (Å²) in [7, 11) is 5.52. The smallest absolute Gasteiger partial charge is 0.368 e. The number of alkyl halides is 3. The summed E-state index contributed by atoms with van der Waals surface area (Å²) in [5.41, 5.74) is 3.84. The molecular weight excluding hydrogens is 567 g/mol. The number of aromatic amines is 1. The summed E-state index contributed by atoms with van der Waals surface area (Å²) < 4.78 is 47.9. The zero-order valence-corrected chi connectivity index (χ0v) is 25.8. The van der Waals surface area contributed by atoms with Crippen LogP contribution >= 0.6 is 0 Å². The number of nitrogens with one attached hydrogen (secondary N) is 1. The van der Waals surface area contributed by atoms with Gasteiger partial charge in [0.15, 0.2) is 0 Å². The van der Waals surface area contributed by atoms with Crippen molar-refractivity contribution in [3.63, 3.8) is 0 Å². The summed E-state index contributed by atoms with van der Waals surface area (Å²) in [5, 5.41) is 1.06. The summed E-state index contributed by atoms with van der Waals surface area (Å²) >= 11 is 0. The fourth-order valence-electron chi connectivity index (χ4n) is 5.85. The molecular formula is C33H37F3N7O+. The Morgan fingerprint density at radius 2 is 1.66 bits per heavy atom. The van der Waals surface area contributed by atoms with Gasteiger partial charge in [-0.15, -0.1) is 0 Å². The van der Waals surface area contributed by atoms with Gasteiger partial charge < -0.3 is 14.4 Å². The third kappa shape index (κ3) is 5.40. The topological polar surface area (TPSA) is 66.0 Å². The lowest BCUT2D eigenvalue weighted by Crippen LogP contribution is -2.45. The highest BCUT2D eigenvalue weighted by atomic mass is 19.4. The first-order chi connectivity index (χ1) is 20.7. The molecule has 6 rings (SSSR count). The number of fused-ring (bicyclic) bond motifs is 1. The molecule has 44 heavy (non-hydrogen) atoms. The number of pyridine rings is 2. The maximum atomic E-state index is 14.4. The zero-order valence-electron chi connectivity index (χ0n) is 25.8. The summed E-state index contributed by atoms with van der Waals surface area (Å²) in [6.07, 6.45) is 0.701. The largest absolute Gasteiger partial charge is 0.418 e. The zero-order chi connectivity index (χ0) is 31.6. The quantitative estimate of drug-likeness (QED) is 0.284. The van der Waals surface area contributed by atoms with Gasteiger partial charge in [-0.05, 0) is 55.1 Å². The first-order valence-electron chi connectivity index (χ1n) is 14.6. The number of benzene rings is 1. The number of hydrogen-bond acceptors (Lipinski definition) is 4. The lowest BCUT2D eigenvalue weighted by molar-refractivity contribution is -0.646. The van der Waals surface area contributed by atoms with E-state index in [-0.39, 0.29) is 16.8 Å². The van der Waals surface area contributed by atoms with Gasteiger partial charge in [-0.25, -0.2) is 14.3 Å². The summed E-state index contributed by atoms with van der Waals surface area (Å²) in [5.74, 6) is 0. The number of H-pyrrole nitrogens is 1. The van der Waals surface area contributed by atoms with E-state index in [1.54, 1.807) is 30.4 Å². The predicted octanol–water partition coefficient (Wildman–Crippen LogP) is 5.28. The maximum Gasteiger partial charge on any atom is 0.418 e. The molecule has 1 aromatic carbocycles. The van der Waals surface area contributed by atoms with Crippen LogP contribution in [-0.2, 0) is 25.7 Å². The standard InChI is InChI=1S/C33H36F3N7O/c1-32(2,3)29-17-22-15-23(19-40(5)30(22)38-29)21-9-10-37-26(16-21)28-20-41(6)31(44)43(28)24-7-8-27(25(18-24)33(34,35)36)42-13-11-39(4)12-14-42/h7-10,15-20H,11-14H2,1-6H3/p+1. The molecule has 0 unspecified atom stereocenters. The number of nitrogens with zero attached hydrogens (tertiary/aromatic N) is 6. The van der Waals surface area contributed by atoms with Crippen LogP contribution in [0.15, 0.2) is 65.8 Å². The van der Waals surface area contributed by atoms with Crippen LogP contribution in [0.5, 0.6) is 0 Å². The Morgan fingerprint density at radius 3 is 2.34 bits per heavy atom. The molecule has 1 N–H and O–H groups in total. The van der Waals surface area contributed by atoms with Gasteiger partial charge in [-0.3, -0.25) is 9.55 Å². The van der Waals surface area contributed by atoms with Crippen molar-refractivity contribution in [2.45, 2.75) is 32.4 Å². The van der Waals surface area contributed by atoms with Crippen molar-refractivity contribution in [3.05, 3.63) is 82.8 Å². The molecule has 0 atom stereocenters. The summed E-state index contributed by atoms with van der Waals surface area (Å²) in [6.45, 7) is 8.82. The van der Waals surface area contributed by atoms with Crippen LogP contribution in [0.4, 0.5) is 18.9 Å². The average molecular weight is 605 g/mol. The molecule has 1 fully saturated rings. The van der Waals surface area contributed by atoms with Crippen molar-refractivity contribution in [1.29, 1.82) is 0 Å². The van der Waals surface area contributed by atoms with Crippen molar-refractivity contribution in [2.24, 2.45) is 14.1 Å². The number of imidazole rings is 1. The minimum atomic E-state index is -4.59. The van der Waals surface area contributed by atoms with Crippen LogP contribution in [0.2, 0.25) is 0 Å². The van der Waals surface area contributed by atoms with Crippen molar-refractivity contribution in [3.8, 4) is 28.2 Å². The molecule has 4 aromatic heterocycles. The van der Waals surface area contributed by atoms with Gasteiger partial charge in [0, 0.05) is 62.3 Å². The molecule has 5 heterocycles. The lowest BCUT2D eigenvalue weighted by Gasteiger charge is -2.35. The molecule has 0 amide bonds. The van der Waals surface area contributed by atoms with Crippen molar-refractivity contribution in [1.82, 2.24) is 24.0 Å². The fourth-order valence-corrected chi connectivity index (χ4v) is 5.85. The average Bonchev–Trinajstić information content (AvgIpc) is 3.54. The molecule has 0 spiro atoms. The van der Waals surface area contributed by atoms with E-state index in [1.807, 2.05) is 37.0 Å². The number of likely N-dealkylation sites (N-methyl/N-ethyl adjacent to an activating group) is 1. The molecule has 5 aromatic rings. The van der Waals surface area contributed by atoms with Gasteiger partial charge >= 0.3 is 11.9 Å². The Labute approximate surface area is 254 Å². The van der Waals surface area contributed by atoms with E-state index in [0.29, 0.717) is 37.6 Å². The third-order valence-electron chi connectivity index (χ3n) is 8.42. The molecule has 1 aliphatic heterocycles. The molecule has 8 nitrogen and oxygen atoms in total. The first-order valence-corrected chi connectivity index (χ1v) is 14.6. The van der Waals surface area contributed by atoms with Gasteiger partial charge in [0.2, 0.25) is 0 Å². The Balaban J connectivity index is 1.44. The normalized spacial score (nSPS) is 15.0. The van der Waals surface area contributed by atoms with E-state index in [4.69, 9.17) is 0 Å². The van der Waals surface area contributed by atoms with Crippen LogP contribution in [0, 0.1) is 0 Å². The van der Waals surface area contributed by atoms with Crippen molar-refractivity contribution < 1.29 is 17.7 Å². The van der Waals surface area contributed by atoms with Crippen LogP contribution in [-0.4, -0.2) is 57.2 Å². The Hall–Kier alpha value is -4.38. The van der Waals surface area contributed by atoms with Crippen molar-refractivity contribution >= 4 is 16.7 Å². The maximum absolute atomic E-state index is 14.4. The van der Waals surface area contributed by atoms with Gasteiger partial charge in [0.05, 0.1) is 41.3 Å². The SMILES string of the molecule is CN1CCN(c2ccc(-n3c(-c4cc(-c5cc6cc(C(C)(C)C)[nH]c6[n+](C)c5)ccn4)cn(C)c3=O)cc2C(F)(F)F)CC1. The molecule has 230 valence electrons. The highest BCUT2D eigenvalue weighted by Crippen LogP contribution is 2.39. The highest BCUT2D eigenvalue weighted by Gasteiger charge is 2.36. The van der Waals surface area contributed by atoms with E-state index < -0.39 is 17.4 Å². The predicted molar refractivity (Wildman–Crippen MR) is 166 cm³/mol. The monoisotopic (exact) mass is 604 g/mol. The van der Waals surface area contributed by atoms with Gasteiger partial charge in [-0.1, -0.05) is 20.8 Å². The summed E-state index contributed by atoms with van der Waals surface area (Å²) in [6, 6.07) is 12.2. The molecule has 1 aliphatic rings. The molecule has 0 saturated carbocycles. The Morgan fingerprint density at radius 1 is 0.932 bits per heavy atom. The molecule has 0 radical (unpaired) electrons. The van der Waals surface area contributed by atoms with E-state index in [1.165, 1.54) is 15.2 Å². The molecule has 0 aliphatic carbocycles. The molecule has 11 heteroatoms. The van der Waals surface area contributed by atoms with Crippen LogP contribution in [0.25, 0.3) is 39.2 Å². The lowest BCUT2D eigenvalue weighted by atomic mass is 9.92. The number of aryl methyl sites for hydroxylation is 2. The number of anilines is 1. The second kappa shape index (κ2) is 10.7. The minimum Gasteiger partial charge on any atom is -0.368 e. The van der Waals surface area contributed by atoms with Gasteiger partial charge in [-0.2, -0.15) is 13.2 Å². The first kappa shape index (κ1) is 29.7. The Bertz CT molecular complexity index is 1920. The number of hydrogen-bond donors (Lipinski definition) is 1. The van der Waals surface area contributed by atoms with Crippen molar-refractivity contribution in [2.75, 3.05) is 38.1 Å². The second-order valence-corrected chi connectivity index (χ2v) is 12.7. The number of rotatable bonds is 4. The summed E-state index contributed by atoms with van der Waals surface area (Å²) in [4.78, 5) is 25.3. The fraction of sp³-hybridized carbons (Fsp3) is 0.364. The van der Waals surface area contributed by atoms with Crippen LogP contribution in [0.1, 0.15) is 32.0 Å². The highest BCUT2D eigenvalue weighted by molar-refractivity contribution is 5.81. The van der Waals surface area contributed by atoms with Crippen LogP contribution in [0.3, 0.4) is 0 Å². The molecule has 1 saturated heterocycles. The van der Waals surface area contributed by atoms with E-state index >= 15 is 0 Å².